The Bertz CT molecular complexity index is 2700. The normalized spacial score (nSPS) is 13.2. The molecule has 1 aliphatic heterocycles. The number of rotatable bonds is 5. The minimum Gasteiger partial charge on any atom is -0.449 e. The van der Waals surface area contributed by atoms with Crippen LogP contribution < -0.4 is 9.47 Å². The minimum atomic E-state index is -0.130. The fraction of sp³-hybridized carbons (Fsp3) is 0.0625. The van der Waals surface area contributed by atoms with Gasteiger partial charge in [-0.2, -0.15) is 0 Å². The molecule has 5 heteroatoms. The number of fused-ring (bicyclic) bond motifs is 6. The lowest BCUT2D eigenvalue weighted by atomic mass is 9.82. The molecule has 2 aliphatic rings. The highest BCUT2D eigenvalue weighted by Gasteiger charge is 2.39. The van der Waals surface area contributed by atoms with Crippen molar-refractivity contribution in [3.63, 3.8) is 0 Å². The molecule has 3 heterocycles. The lowest BCUT2D eigenvalue weighted by Gasteiger charge is -2.25. The predicted octanol–water partition coefficient (Wildman–Crippen LogP) is 12.4. The smallest absolute Gasteiger partial charge is 0.178 e. The van der Waals surface area contributed by atoms with E-state index in [4.69, 9.17) is 19.4 Å². The second-order valence-electron chi connectivity index (χ2n) is 14.1. The molecule has 0 saturated heterocycles. The average Bonchev–Trinajstić information content (AvgIpc) is 3.46. The number of hydrogen-bond donors (Lipinski definition) is 0. The number of nitrogens with zero attached hydrogens (tertiary/aromatic N) is 3. The van der Waals surface area contributed by atoms with Gasteiger partial charge in [-0.25, -0.2) is 9.97 Å². The second kappa shape index (κ2) is 12.1. The molecule has 1 aliphatic carbocycles. The van der Waals surface area contributed by atoms with Crippen LogP contribution in [0.5, 0.6) is 23.0 Å². The fourth-order valence-electron chi connectivity index (χ4n) is 7.70. The van der Waals surface area contributed by atoms with Crippen molar-refractivity contribution in [2.45, 2.75) is 19.3 Å². The van der Waals surface area contributed by atoms with Gasteiger partial charge in [-0.1, -0.05) is 123 Å². The van der Waals surface area contributed by atoms with Gasteiger partial charge in [-0.3, -0.25) is 4.98 Å². The molecule has 53 heavy (non-hydrogen) atoms. The SMILES string of the molecule is CC1(C)c2ccccc2-c2c1ccc1c2Oc2cc(-c3cccc(-c4nc(-c5ccccc5)cc(-c5cccc(-c6ccccn6)c5)n4)c3)ccc2O1. The molecule has 0 amide bonds. The Balaban J connectivity index is 1.04. The van der Waals surface area contributed by atoms with E-state index in [9.17, 15) is 0 Å². The van der Waals surface area contributed by atoms with E-state index in [-0.39, 0.29) is 5.41 Å². The molecule has 252 valence electrons. The standard InChI is InChI=1S/C48H33N3O2/c1-48(2)37-19-7-6-18-36(37)45-38(48)22-24-43-46(45)53-44-28-32(21-23-42(44)52-43)31-14-10-17-35(26-31)47-50-40(30-12-4-3-5-13-30)29-41(51-47)34-16-11-15-33(27-34)39-20-8-9-25-49-39/h3-29H,1-2H3. The van der Waals surface area contributed by atoms with Crippen molar-refractivity contribution in [1.82, 2.24) is 15.0 Å². The maximum atomic E-state index is 6.76. The van der Waals surface area contributed by atoms with Crippen molar-refractivity contribution < 1.29 is 9.47 Å². The highest BCUT2D eigenvalue weighted by molar-refractivity contribution is 5.88. The molecule has 5 nitrogen and oxygen atoms in total. The summed E-state index contributed by atoms with van der Waals surface area (Å²) in [4.78, 5) is 14.8. The van der Waals surface area contributed by atoms with Crippen LogP contribution in [0.2, 0.25) is 0 Å². The summed E-state index contributed by atoms with van der Waals surface area (Å²) in [7, 11) is 0. The molecule has 0 N–H and O–H groups in total. The van der Waals surface area contributed by atoms with E-state index in [1.165, 1.54) is 16.7 Å². The van der Waals surface area contributed by atoms with Crippen molar-refractivity contribution >= 4 is 0 Å². The van der Waals surface area contributed by atoms with E-state index in [1.54, 1.807) is 0 Å². The molecule has 6 aromatic carbocycles. The number of aromatic nitrogens is 3. The van der Waals surface area contributed by atoms with Crippen LogP contribution in [0.4, 0.5) is 0 Å². The first kappa shape index (κ1) is 30.9. The Labute approximate surface area is 308 Å². The molecule has 0 spiro atoms. The zero-order chi connectivity index (χ0) is 35.5. The van der Waals surface area contributed by atoms with Crippen molar-refractivity contribution in [2.75, 3.05) is 0 Å². The number of ether oxygens (including phenoxy) is 2. The molecular weight excluding hydrogens is 651 g/mol. The van der Waals surface area contributed by atoms with Crippen molar-refractivity contribution in [3.8, 4) is 90.4 Å². The molecule has 0 saturated carbocycles. The molecule has 8 aromatic rings. The van der Waals surface area contributed by atoms with E-state index in [0.717, 1.165) is 67.5 Å². The number of hydrogen-bond acceptors (Lipinski definition) is 5. The van der Waals surface area contributed by atoms with Crippen molar-refractivity contribution in [2.24, 2.45) is 0 Å². The second-order valence-corrected chi connectivity index (χ2v) is 14.1. The van der Waals surface area contributed by atoms with Crippen LogP contribution in [0.3, 0.4) is 0 Å². The highest BCUT2D eigenvalue weighted by atomic mass is 16.6. The van der Waals surface area contributed by atoms with Crippen LogP contribution in [-0.2, 0) is 5.41 Å². The summed E-state index contributed by atoms with van der Waals surface area (Å²) in [5.74, 6) is 3.53. The predicted molar refractivity (Wildman–Crippen MR) is 211 cm³/mol. The quantitative estimate of drug-likeness (QED) is 0.181. The first-order valence-electron chi connectivity index (χ1n) is 17.8. The summed E-state index contributed by atoms with van der Waals surface area (Å²) in [6.45, 7) is 4.54. The molecule has 0 bridgehead atoms. The molecular formula is C48H33N3O2. The zero-order valence-corrected chi connectivity index (χ0v) is 29.2. The zero-order valence-electron chi connectivity index (χ0n) is 29.2. The number of pyridine rings is 1. The number of benzene rings is 6. The lowest BCUT2D eigenvalue weighted by Crippen LogP contribution is -2.15. The van der Waals surface area contributed by atoms with E-state index in [1.807, 2.05) is 54.7 Å². The summed E-state index contributed by atoms with van der Waals surface area (Å²) < 4.78 is 13.2. The van der Waals surface area contributed by atoms with E-state index >= 15 is 0 Å². The van der Waals surface area contributed by atoms with Gasteiger partial charge in [0.1, 0.15) is 0 Å². The van der Waals surface area contributed by atoms with Crippen molar-refractivity contribution in [1.29, 1.82) is 0 Å². The third kappa shape index (κ3) is 5.28. The van der Waals surface area contributed by atoms with Gasteiger partial charge in [0, 0.05) is 39.4 Å². The Morgan fingerprint density at radius 1 is 0.434 bits per heavy atom. The van der Waals surface area contributed by atoms with Crippen LogP contribution in [0, 0.1) is 0 Å². The summed E-state index contributed by atoms with van der Waals surface area (Å²) in [6, 6.07) is 54.0. The van der Waals surface area contributed by atoms with Crippen LogP contribution in [-0.4, -0.2) is 15.0 Å². The molecule has 0 atom stereocenters. The van der Waals surface area contributed by atoms with Gasteiger partial charge >= 0.3 is 0 Å². The van der Waals surface area contributed by atoms with Gasteiger partial charge in [-0.05, 0) is 76.3 Å². The fourth-order valence-corrected chi connectivity index (χ4v) is 7.70. The molecule has 0 unspecified atom stereocenters. The largest absolute Gasteiger partial charge is 0.449 e. The minimum absolute atomic E-state index is 0.130. The maximum absolute atomic E-state index is 6.76. The van der Waals surface area contributed by atoms with Gasteiger partial charge in [-0.15, -0.1) is 0 Å². The third-order valence-corrected chi connectivity index (χ3v) is 10.4. The van der Waals surface area contributed by atoms with Gasteiger partial charge < -0.3 is 9.47 Å². The Morgan fingerprint density at radius 3 is 1.92 bits per heavy atom. The van der Waals surface area contributed by atoms with Crippen LogP contribution in [0.15, 0.2) is 164 Å². The summed E-state index contributed by atoms with van der Waals surface area (Å²) in [5.41, 5.74) is 13.3. The van der Waals surface area contributed by atoms with Gasteiger partial charge in [0.2, 0.25) is 0 Å². The molecule has 0 radical (unpaired) electrons. The monoisotopic (exact) mass is 683 g/mol. The maximum Gasteiger partial charge on any atom is 0.178 e. The Morgan fingerprint density at radius 2 is 1.09 bits per heavy atom. The Hall–Kier alpha value is -6.85. The van der Waals surface area contributed by atoms with E-state index in [2.05, 4.69) is 128 Å². The summed E-state index contributed by atoms with van der Waals surface area (Å²) in [5, 5.41) is 0. The van der Waals surface area contributed by atoms with Crippen molar-refractivity contribution in [3.05, 3.63) is 175 Å². The highest BCUT2D eigenvalue weighted by Crippen LogP contribution is 2.58. The van der Waals surface area contributed by atoms with E-state index < -0.39 is 0 Å². The van der Waals surface area contributed by atoms with Crippen LogP contribution in [0.1, 0.15) is 25.0 Å². The Kier molecular flexibility index (Phi) is 7.08. The van der Waals surface area contributed by atoms with E-state index in [0.29, 0.717) is 17.3 Å². The summed E-state index contributed by atoms with van der Waals surface area (Å²) in [6.07, 6.45) is 1.82. The molecule has 2 aromatic heterocycles. The topological polar surface area (TPSA) is 57.1 Å². The van der Waals surface area contributed by atoms with Gasteiger partial charge in [0.25, 0.3) is 0 Å². The first-order valence-corrected chi connectivity index (χ1v) is 17.8. The average molecular weight is 684 g/mol. The first-order chi connectivity index (χ1) is 26.0. The molecule has 10 rings (SSSR count). The van der Waals surface area contributed by atoms with Crippen LogP contribution in [0.25, 0.3) is 67.4 Å². The van der Waals surface area contributed by atoms with Gasteiger partial charge in [0.15, 0.2) is 28.8 Å². The third-order valence-electron chi connectivity index (χ3n) is 10.4. The lowest BCUT2D eigenvalue weighted by molar-refractivity contribution is 0.360. The molecule has 0 fully saturated rings. The van der Waals surface area contributed by atoms with Crippen LogP contribution >= 0.6 is 0 Å². The van der Waals surface area contributed by atoms with Gasteiger partial charge in [0.05, 0.1) is 17.1 Å². The summed E-state index contributed by atoms with van der Waals surface area (Å²) >= 11 is 0.